The first-order valence-electron chi connectivity index (χ1n) is 9.15. The molecule has 4 aliphatic rings. The van der Waals surface area contributed by atoms with Crippen LogP contribution in [0.1, 0.15) is 43.6 Å². The number of alkyl halides is 3. The van der Waals surface area contributed by atoms with Crippen LogP contribution in [0.25, 0.3) is 0 Å². The number of aliphatic hydroxyl groups is 1. The summed E-state index contributed by atoms with van der Waals surface area (Å²) in [6.45, 7) is 0. The Kier molecular flexibility index (Phi) is 6.03. The molecule has 5 rings (SSSR count). The number of fused-ring (bicyclic) bond motifs is 2. The minimum atomic E-state index is -3.96. The lowest BCUT2D eigenvalue weighted by molar-refractivity contribution is -0.209. The maximum absolute atomic E-state index is 12.2. The first-order chi connectivity index (χ1) is 12.7. The Labute approximate surface area is 161 Å². The van der Waals surface area contributed by atoms with Gasteiger partial charge in [0.2, 0.25) is 6.41 Å². The third-order valence-electron chi connectivity index (χ3n) is 6.05. The Morgan fingerprint density at radius 3 is 2.30 bits per heavy atom. The number of piperidine rings is 1. The van der Waals surface area contributed by atoms with E-state index in [1.807, 2.05) is 13.1 Å². The van der Waals surface area contributed by atoms with Gasteiger partial charge in [-0.05, 0) is 68.8 Å². The summed E-state index contributed by atoms with van der Waals surface area (Å²) in [6, 6.07) is 5.81. The third kappa shape index (κ3) is 4.58. The summed E-state index contributed by atoms with van der Waals surface area (Å²) in [7, 11) is 1.92. The number of aliphatic hydroxyl groups excluding tert-OH is 1. The highest BCUT2D eigenvalue weighted by atomic mass is 35.5. The number of nitrogens with zero attached hydrogens (tertiary/aromatic N) is 1. The van der Waals surface area contributed by atoms with E-state index in [0.29, 0.717) is 30.2 Å². The van der Waals surface area contributed by atoms with E-state index in [0.717, 1.165) is 30.5 Å². The van der Waals surface area contributed by atoms with Gasteiger partial charge in [0, 0.05) is 22.8 Å². The summed E-state index contributed by atoms with van der Waals surface area (Å²) in [5.41, 5.74) is 1.75. The van der Waals surface area contributed by atoms with E-state index in [-0.39, 0.29) is 18.2 Å². The van der Waals surface area contributed by atoms with Gasteiger partial charge < -0.3 is 15.3 Å². The van der Waals surface area contributed by atoms with Gasteiger partial charge in [-0.1, -0.05) is 11.6 Å². The molecule has 2 N–H and O–H groups in total. The number of carbonyl (C=O) groups excluding carboxylic acids is 1. The number of rotatable bonds is 3. The molecule has 0 aromatic heterocycles. The summed E-state index contributed by atoms with van der Waals surface area (Å²) >= 11 is 6.05. The van der Waals surface area contributed by atoms with Gasteiger partial charge in [-0.15, -0.1) is 0 Å². The normalized spacial score (nSPS) is 32.4. The zero-order valence-electron chi connectivity index (χ0n) is 15.0. The Morgan fingerprint density at radius 2 is 1.81 bits per heavy atom. The number of benzene rings is 1. The largest absolute Gasteiger partial charge is 0.393 e. The predicted molar refractivity (Wildman–Crippen MR) is 97.9 cm³/mol. The summed E-state index contributed by atoms with van der Waals surface area (Å²) in [4.78, 5) is 12.4. The molecule has 1 amide bonds. The molecule has 2 bridgehead atoms. The fraction of sp³-hybridized carbons (Fsp3) is 0.632. The van der Waals surface area contributed by atoms with Crippen LogP contribution in [0.5, 0.6) is 0 Å². The van der Waals surface area contributed by atoms with Crippen LogP contribution in [0, 0.1) is 5.92 Å². The second-order valence-corrected chi connectivity index (χ2v) is 8.15. The molecule has 1 aromatic carbocycles. The van der Waals surface area contributed by atoms with Crippen LogP contribution in [0.15, 0.2) is 18.2 Å². The fourth-order valence-corrected chi connectivity index (χ4v) is 4.48. The third-order valence-corrected chi connectivity index (χ3v) is 6.39. The van der Waals surface area contributed by atoms with Crippen molar-refractivity contribution in [1.29, 1.82) is 0 Å². The molecule has 0 radical (unpaired) electrons. The van der Waals surface area contributed by atoms with Gasteiger partial charge in [0.1, 0.15) is 0 Å². The SMILES string of the molecule is CN1C2CC1CC(C(F)(F)F)C2.O=CNc1ccc(Cl)c(C2CC(O)C2)c1. The summed E-state index contributed by atoms with van der Waals surface area (Å²) < 4.78 is 36.7. The molecule has 2 aliphatic heterocycles. The topological polar surface area (TPSA) is 52.6 Å². The quantitative estimate of drug-likeness (QED) is 0.743. The molecule has 2 atom stereocenters. The molecule has 2 saturated carbocycles. The Balaban J connectivity index is 0.000000159. The summed E-state index contributed by atoms with van der Waals surface area (Å²) in [5, 5.41) is 12.5. The van der Waals surface area contributed by atoms with Gasteiger partial charge in [-0.25, -0.2) is 0 Å². The molecule has 27 heavy (non-hydrogen) atoms. The Morgan fingerprint density at radius 1 is 1.19 bits per heavy atom. The smallest absolute Gasteiger partial charge is 0.391 e. The van der Waals surface area contributed by atoms with Crippen LogP contribution in [0.4, 0.5) is 18.9 Å². The fourth-order valence-electron chi connectivity index (χ4n) is 4.21. The van der Waals surface area contributed by atoms with Crippen molar-refractivity contribution in [1.82, 2.24) is 4.90 Å². The molecule has 150 valence electrons. The lowest BCUT2D eigenvalue weighted by atomic mass is 9.74. The first-order valence-corrected chi connectivity index (χ1v) is 9.53. The van der Waals surface area contributed by atoms with Crippen LogP contribution in [-0.2, 0) is 4.79 Å². The molecule has 2 heterocycles. The molecule has 2 saturated heterocycles. The molecule has 8 heteroatoms. The number of hydrogen-bond acceptors (Lipinski definition) is 3. The zero-order chi connectivity index (χ0) is 19.8. The van der Waals surface area contributed by atoms with Crippen molar-refractivity contribution < 1.29 is 23.1 Å². The van der Waals surface area contributed by atoms with E-state index < -0.39 is 12.1 Å². The number of nitrogens with one attached hydrogen (secondary N) is 1. The van der Waals surface area contributed by atoms with Crippen LogP contribution in [-0.4, -0.2) is 47.8 Å². The van der Waals surface area contributed by atoms with E-state index in [1.54, 1.807) is 12.1 Å². The van der Waals surface area contributed by atoms with Crippen molar-refractivity contribution in [3.05, 3.63) is 28.8 Å². The van der Waals surface area contributed by atoms with Crippen molar-refractivity contribution in [2.45, 2.75) is 62.4 Å². The van der Waals surface area contributed by atoms with Crippen LogP contribution in [0.2, 0.25) is 5.02 Å². The molecule has 2 unspecified atom stereocenters. The number of hydrogen-bond donors (Lipinski definition) is 2. The molecule has 4 fully saturated rings. The van der Waals surface area contributed by atoms with Crippen molar-refractivity contribution in [2.24, 2.45) is 5.92 Å². The van der Waals surface area contributed by atoms with Crippen LogP contribution >= 0.6 is 11.6 Å². The number of halogens is 4. The average molecular weight is 405 g/mol. The van der Waals surface area contributed by atoms with Crippen molar-refractivity contribution in [2.75, 3.05) is 12.4 Å². The average Bonchev–Trinajstić information content (AvgIpc) is 2.60. The van der Waals surface area contributed by atoms with E-state index in [9.17, 15) is 23.1 Å². The Hall–Kier alpha value is -1.31. The molecular weight excluding hydrogens is 381 g/mol. The van der Waals surface area contributed by atoms with E-state index in [4.69, 9.17) is 11.6 Å². The van der Waals surface area contributed by atoms with Crippen molar-refractivity contribution in [3.8, 4) is 0 Å². The van der Waals surface area contributed by atoms with Gasteiger partial charge >= 0.3 is 6.18 Å². The second-order valence-electron chi connectivity index (χ2n) is 7.74. The lowest BCUT2D eigenvalue weighted by Crippen LogP contribution is -2.60. The standard InChI is InChI=1S/C11H12ClNO2.C8H12F3N/c12-11-2-1-8(13-6-14)5-10(11)7-3-9(15)4-7;1-12-6-2-5(8(9,10)11)3-7(12)4-6/h1-2,5-7,9,15H,3-4H2,(H,13,14);5-7H,2-4H2,1H3. The zero-order valence-corrected chi connectivity index (χ0v) is 15.8. The highest BCUT2D eigenvalue weighted by Gasteiger charge is 2.51. The number of carbonyl (C=O) groups is 1. The maximum atomic E-state index is 12.2. The predicted octanol–water partition coefficient (Wildman–Crippen LogP) is 4.18. The molecule has 2 aliphatic carbocycles. The summed E-state index contributed by atoms with van der Waals surface area (Å²) in [6.07, 6.45) is -0.403. The minimum Gasteiger partial charge on any atom is -0.393 e. The maximum Gasteiger partial charge on any atom is 0.391 e. The monoisotopic (exact) mass is 404 g/mol. The summed E-state index contributed by atoms with van der Waals surface area (Å²) in [5.74, 6) is -0.710. The molecule has 0 spiro atoms. The van der Waals surface area contributed by atoms with E-state index in [1.165, 1.54) is 0 Å². The second kappa shape index (κ2) is 7.97. The Bertz CT molecular complexity index is 667. The van der Waals surface area contributed by atoms with E-state index >= 15 is 0 Å². The van der Waals surface area contributed by atoms with Gasteiger partial charge in [0.05, 0.1) is 12.0 Å². The van der Waals surface area contributed by atoms with Gasteiger partial charge in [-0.2, -0.15) is 13.2 Å². The number of amides is 1. The van der Waals surface area contributed by atoms with Crippen LogP contribution in [0.3, 0.4) is 0 Å². The molecule has 4 nitrogen and oxygen atoms in total. The van der Waals surface area contributed by atoms with Gasteiger partial charge in [-0.3, -0.25) is 4.79 Å². The van der Waals surface area contributed by atoms with Crippen LogP contribution < -0.4 is 5.32 Å². The van der Waals surface area contributed by atoms with Crippen molar-refractivity contribution in [3.63, 3.8) is 0 Å². The molecule has 1 aromatic rings. The molecular formula is C19H24ClF3N2O2. The highest BCUT2D eigenvalue weighted by molar-refractivity contribution is 6.31. The first kappa shape index (κ1) is 20.4. The van der Waals surface area contributed by atoms with Gasteiger partial charge in [0.25, 0.3) is 0 Å². The lowest BCUT2D eigenvalue weighted by Gasteiger charge is -2.53. The minimum absolute atomic E-state index is 0.200. The van der Waals surface area contributed by atoms with Gasteiger partial charge in [0.15, 0.2) is 0 Å². The number of anilines is 1. The van der Waals surface area contributed by atoms with Crippen molar-refractivity contribution >= 4 is 23.7 Å². The van der Waals surface area contributed by atoms with E-state index in [2.05, 4.69) is 10.2 Å². The highest BCUT2D eigenvalue weighted by Crippen LogP contribution is 2.46.